The summed E-state index contributed by atoms with van der Waals surface area (Å²) in [5.41, 5.74) is 1.26. The SMILES string of the molecule is Cc1ccc(OCCCCN2CCCNCC2CO)cc1. The second kappa shape index (κ2) is 9.03. The van der Waals surface area contributed by atoms with Gasteiger partial charge in [0.05, 0.1) is 13.2 Å². The van der Waals surface area contributed by atoms with Gasteiger partial charge in [-0.3, -0.25) is 4.90 Å². The largest absolute Gasteiger partial charge is 0.494 e. The Hall–Kier alpha value is -1.10. The summed E-state index contributed by atoms with van der Waals surface area (Å²) in [6, 6.07) is 8.47. The van der Waals surface area contributed by atoms with Gasteiger partial charge in [0, 0.05) is 12.6 Å². The number of hydrogen-bond donors (Lipinski definition) is 2. The Morgan fingerprint density at radius 2 is 2.10 bits per heavy atom. The number of nitrogens with zero attached hydrogens (tertiary/aromatic N) is 1. The molecule has 0 saturated carbocycles. The minimum atomic E-state index is 0.243. The maximum absolute atomic E-state index is 9.45. The molecule has 1 aromatic rings. The fraction of sp³-hybridized carbons (Fsp3) is 0.647. The molecule has 0 spiro atoms. The number of hydrogen-bond acceptors (Lipinski definition) is 4. The van der Waals surface area contributed by atoms with Crippen molar-refractivity contribution in [1.29, 1.82) is 0 Å². The minimum absolute atomic E-state index is 0.243. The molecule has 4 heteroatoms. The van der Waals surface area contributed by atoms with E-state index in [9.17, 15) is 5.11 Å². The molecule has 0 radical (unpaired) electrons. The molecule has 1 unspecified atom stereocenters. The molecule has 1 atom stereocenters. The zero-order chi connectivity index (χ0) is 14.9. The van der Waals surface area contributed by atoms with Crippen LogP contribution >= 0.6 is 0 Å². The Labute approximate surface area is 128 Å². The molecule has 118 valence electrons. The summed E-state index contributed by atoms with van der Waals surface area (Å²) in [6.45, 7) is 7.17. The van der Waals surface area contributed by atoms with Crippen molar-refractivity contribution in [1.82, 2.24) is 10.2 Å². The molecule has 2 rings (SSSR count). The molecular formula is C17H28N2O2. The van der Waals surface area contributed by atoms with Crippen molar-refractivity contribution in [3.8, 4) is 5.75 Å². The van der Waals surface area contributed by atoms with Gasteiger partial charge in [-0.2, -0.15) is 0 Å². The van der Waals surface area contributed by atoms with Crippen molar-refractivity contribution in [2.45, 2.75) is 32.2 Å². The van der Waals surface area contributed by atoms with Gasteiger partial charge in [0.1, 0.15) is 5.75 Å². The average molecular weight is 292 g/mol. The van der Waals surface area contributed by atoms with E-state index in [-0.39, 0.29) is 12.6 Å². The molecule has 21 heavy (non-hydrogen) atoms. The van der Waals surface area contributed by atoms with Crippen LogP contribution in [-0.4, -0.2) is 55.4 Å². The lowest BCUT2D eigenvalue weighted by Gasteiger charge is -2.28. The highest BCUT2D eigenvalue weighted by Gasteiger charge is 2.19. The van der Waals surface area contributed by atoms with E-state index >= 15 is 0 Å². The van der Waals surface area contributed by atoms with Crippen LogP contribution in [0.5, 0.6) is 5.75 Å². The molecule has 2 N–H and O–H groups in total. The van der Waals surface area contributed by atoms with Gasteiger partial charge in [-0.25, -0.2) is 0 Å². The second-order valence-corrected chi connectivity index (χ2v) is 5.80. The molecule has 1 aromatic carbocycles. The molecule has 1 saturated heterocycles. The maximum Gasteiger partial charge on any atom is 0.119 e. The number of benzene rings is 1. The van der Waals surface area contributed by atoms with Crippen molar-refractivity contribution in [2.24, 2.45) is 0 Å². The van der Waals surface area contributed by atoms with Crippen LogP contribution in [0.4, 0.5) is 0 Å². The van der Waals surface area contributed by atoms with Crippen LogP contribution in [0, 0.1) is 6.92 Å². The van der Waals surface area contributed by atoms with E-state index in [1.165, 1.54) is 5.56 Å². The number of nitrogens with one attached hydrogen (secondary N) is 1. The van der Waals surface area contributed by atoms with Gasteiger partial charge in [0.25, 0.3) is 0 Å². The smallest absolute Gasteiger partial charge is 0.119 e. The molecule has 0 aromatic heterocycles. The summed E-state index contributed by atoms with van der Waals surface area (Å²) in [6.07, 6.45) is 3.33. The Morgan fingerprint density at radius 1 is 1.29 bits per heavy atom. The van der Waals surface area contributed by atoms with E-state index in [1.807, 2.05) is 12.1 Å². The van der Waals surface area contributed by atoms with Gasteiger partial charge < -0.3 is 15.2 Å². The number of unbranched alkanes of at least 4 members (excludes halogenated alkanes) is 1. The van der Waals surface area contributed by atoms with Crippen molar-refractivity contribution >= 4 is 0 Å². The van der Waals surface area contributed by atoms with Gasteiger partial charge in [-0.05, 0) is 58.0 Å². The normalized spacial score (nSPS) is 20.2. The third-order valence-electron chi connectivity index (χ3n) is 4.04. The number of aliphatic hydroxyl groups is 1. The molecule has 0 bridgehead atoms. The first-order valence-corrected chi connectivity index (χ1v) is 8.04. The van der Waals surface area contributed by atoms with Crippen molar-refractivity contribution in [3.63, 3.8) is 0 Å². The Kier molecular flexibility index (Phi) is 7.00. The van der Waals surface area contributed by atoms with Crippen LogP contribution in [0.3, 0.4) is 0 Å². The first kappa shape index (κ1) is 16.3. The fourth-order valence-corrected chi connectivity index (χ4v) is 2.70. The lowest BCUT2D eigenvalue weighted by molar-refractivity contribution is 0.128. The van der Waals surface area contributed by atoms with E-state index in [0.717, 1.165) is 57.8 Å². The molecular weight excluding hydrogens is 264 g/mol. The average Bonchev–Trinajstić information content (AvgIpc) is 2.74. The van der Waals surface area contributed by atoms with E-state index in [4.69, 9.17) is 4.74 Å². The predicted molar refractivity (Wildman–Crippen MR) is 85.8 cm³/mol. The van der Waals surface area contributed by atoms with E-state index in [0.29, 0.717) is 0 Å². The van der Waals surface area contributed by atoms with E-state index in [2.05, 4.69) is 29.3 Å². The van der Waals surface area contributed by atoms with Crippen LogP contribution in [0.2, 0.25) is 0 Å². The summed E-state index contributed by atoms with van der Waals surface area (Å²) in [5.74, 6) is 0.952. The quantitative estimate of drug-likeness (QED) is 0.752. The van der Waals surface area contributed by atoms with Crippen LogP contribution < -0.4 is 10.1 Å². The molecule has 1 heterocycles. The first-order valence-electron chi connectivity index (χ1n) is 8.04. The fourth-order valence-electron chi connectivity index (χ4n) is 2.70. The van der Waals surface area contributed by atoms with Gasteiger partial charge in [-0.15, -0.1) is 0 Å². The molecule has 0 amide bonds. The third kappa shape index (κ3) is 5.65. The zero-order valence-corrected chi connectivity index (χ0v) is 13.1. The molecule has 1 fully saturated rings. The lowest BCUT2D eigenvalue weighted by atomic mass is 10.2. The molecule has 1 aliphatic heterocycles. The van der Waals surface area contributed by atoms with E-state index in [1.54, 1.807) is 0 Å². The monoisotopic (exact) mass is 292 g/mol. The van der Waals surface area contributed by atoms with Crippen LogP contribution in [0.25, 0.3) is 0 Å². The third-order valence-corrected chi connectivity index (χ3v) is 4.04. The summed E-state index contributed by atoms with van der Waals surface area (Å²) in [7, 11) is 0. The number of ether oxygens (including phenoxy) is 1. The standard InChI is InChI=1S/C17H28N2O2/c1-15-5-7-17(8-6-15)21-12-3-2-10-19-11-4-9-18-13-16(19)14-20/h5-8,16,18,20H,2-4,9-14H2,1H3. The minimum Gasteiger partial charge on any atom is -0.494 e. The summed E-state index contributed by atoms with van der Waals surface area (Å²) in [5, 5.41) is 12.8. The van der Waals surface area contributed by atoms with Crippen molar-refractivity contribution in [3.05, 3.63) is 29.8 Å². The molecule has 1 aliphatic rings. The van der Waals surface area contributed by atoms with Gasteiger partial charge in [-0.1, -0.05) is 17.7 Å². The number of aryl methyl sites for hydroxylation is 1. The highest BCUT2D eigenvalue weighted by molar-refractivity contribution is 5.26. The van der Waals surface area contributed by atoms with E-state index < -0.39 is 0 Å². The summed E-state index contributed by atoms with van der Waals surface area (Å²) < 4.78 is 5.75. The van der Waals surface area contributed by atoms with Gasteiger partial charge in [0.2, 0.25) is 0 Å². The number of aliphatic hydroxyl groups excluding tert-OH is 1. The molecule has 0 aliphatic carbocycles. The Balaban J connectivity index is 1.63. The summed E-state index contributed by atoms with van der Waals surface area (Å²) >= 11 is 0. The highest BCUT2D eigenvalue weighted by Crippen LogP contribution is 2.12. The first-order chi connectivity index (χ1) is 10.3. The number of rotatable bonds is 7. The van der Waals surface area contributed by atoms with Crippen LogP contribution in [0.1, 0.15) is 24.8 Å². The van der Waals surface area contributed by atoms with Crippen LogP contribution in [-0.2, 0) is 0 Å². The van der Waals surface area contributed by atoms with Crippen LogP contribution in [0.15, 0.2) is 24.3 Å². The Morgan fingerprint density at radius 3 is 2.86 bits per heavy atom. The lowest BCUT2D eigenvalue weighted by Crippen LogP contribution is -2.42. The topological polar surface area (TPSA) is 44.7 Å². The van der Waals surface area contributed by atoms with Gasteiger partial charge >= 0.3 is 0 Å². The Bertz CT molecular complexity index is 394. The molecule has 4 nitrogen and oxygen atoms in total. The van der Waals surface area contributed by atoms with Gasteiger partial charge in [0.15, 0.2) is 0 Å². The second-order valence-electron chi connectivity index (χ2n) is 5.80. The maximum atomic E-state index is 9.45. The predicted octanol–water partition coefficient (Wildman–Crippen LogP) is 1.81. The summed E-state index contributed by atoms with van der Waals surface area (Å²) in [4.78, 5) is 2.41. The van der Waals surface area contributed by atoms with Crippen molar-refractivity contribution in [2.75, 3.05) is 39.4 Å². The van der Waals surface area contributed by atoms with Crippen molar-refractivity contribution < 1.29 is 9.84 Å². The zero-order valence-electron chi connectivity index (χ0n) is 13.1. The highest BCUT2D eigenvalue weighted by atomic mass is 16.5.